The van der Waals surface area contributed by atoms with Crippen molar-refractivity contribution >= 4 is 0 Å². The lowest BCUT2D eigenvalue weighted by molar-refractivity contribution is 0.386. The van der Waals surface area contributed by atoms with Gasteiger partial charge in [-0.05, 0) is 38.1 Å². The minimum Gasteiger partial charge on any atom is -0.332 e. The lowest BCUT2D eigenvalue weighted by atomic mass is 10.00. The number of fused-ring (bicyclic) bond motifs is 1. The highest BCUT2D eigenvalue weighted by molar-refractivity contribution is 5.10. The molecule has 2 unspecified atom stereocenters. The SMILES string of the molecule is CC1CCc2cnc(CC3CCCN3)n2C1. The predicted molar refractivity (Wildman–Crippen MR) is 64.4 cm³/mol. The van der Waals surface area contributed by atoms with Crippen molar-refractivity contribution in [2.45, 2.75) is 51.6 Å². The first kappa shape index (κ1) is 10.3. The summed E-state index contributed by atoms with van der Waals surface area (Å²) < 4.78 is 2.47. The third-order valence-corrected chi connectivity index (χ3v) is 4.00. The predicted octanol–water partition coefficient (Wildman–Crippen LogP) is 1.76. The zero-order valence-corrected chi connectivity index (χ0v) is 10.1. The summed E-state index contributed by atoms with van der Waals surface area (Å²) in [6.07, 6.45) is 8.40. The van der Waals surface area contributed by atoms with Crippen molar-refractivity contribution in [3.8, 4) is 0 Å². The molecule has 1 aromatic heterocycles. The Morgan fingerprint density at radius 1 is 1.50 bits per heavy atom. The Kier molecular flexibility index (Phi) is 2.72. The maximum Gasteiger partial charge on any atom is 0.110 e. The highest BCUT2D eigenvalue weighted by Crippen LogP contribution is 2.22. The van der Waals surface area contributed by atoms with Gasteiger partial charge in [0.2, 0.25) is 0 Å². The molecule has 16 heavy (non-hydrogen) atoms. The van der Waals surface area contributed by atoms with E-state index in [4.69, 9.17) is 0 Å². The lowest BCUT2D eigenvalue weighted by Gasteiger charge is -2.23. The van der Waals surface area contributed by atoms with Crippen molar-refractivity contribution in [3.05, 3.63) is 17.7 Å². The van der Waals surface area contributed by atoms with Gasteiger partial charge in [0.05, 0.1) is 0 Å². The first-order valence-corrected chi connectivity index (χ1v) is 6.59. The molecule has 2 atom stereocenters. The molecule has 0 spiro atoms. The van der Waals surface area contributed by atoms with Crippen LogP contribution in [0.3, 0.4) is 0 Å². The van der Waals surface area contributed by atoms with E-state index in [1.165, 1.54) is 50.3 Å². The van der Waals surface area contributed by atoms with E-state index in [1.54, 1.807) is 0 Å². The third-order valence-electron chi connectivity index (χ3n) is 4.00. The quantitative estimate of drug-likeness (QED) is 0.821. The number of nitrogens with one attached hydrogen (secondary N) is 1. The van der Waals surface area contributed by atoms with Gasteiger partial charge in [-0.2, -0.15) is 0 Å². The highest BCUT2D eigenvalue weighted by atomic mass is 15.1. The van der Waals surface area contributed by atoms with Crippen LogP contribution in [-0.2, 0) is 19.4 Å². The minimum absolute atomic E-state index is 0.670. The molecule has 2 aliphatic heterocycles. The van der Waals surface area contributed by atoms with E-state index in [1.807, 2.05) is 0 Å². The molecular weight excluding hydrogens is 198 g/mol. The Bertz CT molecular complexity index is 363. The van der Waals surface area contributed by atoms with Gasteiger partial charge in [-0.15, -0.1) is 0 Å². The average Bonchev–Trinajstić information content (AvgIpc) is 2.90. The van der Waals surface area contributed by atoms with Crippen LogP contribution in [0.5, 0.6) is 0 Å². The molecule has 1 saturated heterocycles. The summed E-state index contributed by atoms with van der Waals surface area (Å²) in [7, 11) is 0. The van der Waals surface area contributed by atoms with E-state index in [2.05, 4.69) is 28.0 Å². The summed E-state index contributed by atoms with van der Waals surface area (Å²) in [5.41, 5.74) is 1.45. The molecule has 0 bridgehead atoms. The fourth-order valence-corrected chi connectivity index (χ4v) is 2.99. The molecule has 0 aliphatic carbocycles. The van der Waals surface area contributed by atoms with Crippen LogP contribution in [0, 0.1) is 5.92 Å². The topological polar surface area (TPSA) is 29.9 Å². The van der Waals surface area contributed by atoms with Gasteiger partial charge >= 0.3 is 0 Å². The first-order chi connectivity index (χ1) is 7.83. The molecule has 3 rings (SSSR count). The van der Waals surface area contributed by atoms with Crippen LogP contribution in [0.15, 0.2) is 6.20 Å². The number of imidazole rings is 1. The van der Waals surface area contributed by atoms with E-state index >= 15 is 0 Å². The lowest BCUT2D eigenvalue weighted by Crippen LogP contribution is -2.27. The summed E-state index contributed by atoms with van der Waals surface area (Å²) in [6.45, 7) is 4.71. The Balaban J connectivity index is 1.77. The average molecular weight is 219 g/mol. The van der Waals surface area contributed by atoms with Crippen molar-refractivity contribution in [1.29, 1.82) is 0 Å². The van der Waals surface area contributed by atoms with Crippen molar-refractivity contribution < 1.29 is 0 Å². The van der Waals surface area contributed by atoms with Crippen LogP contribution in [0.2, 0.25) is 0 Å². The molecule has 2 aliphatic rings. The third kappa shape index (κ3) is 1.88. The van der Waals surface area contributed by atoms with Gasteiger partial charge in [0, 0.05) is 30.9 Å². The van der Waals surface area contributed by atoms with Gasteiger partial charge in [-0.3, -0.25) is 0 Å². The molecule has 1 N–H and O–H groups in total. The summed E-state index contributed by atoms with van der Waals surface area (Å²) in [5, 5.41) is 3.56. The second-order valence-corrected chi connectivity index (χ2v) is 5.42. The summed E-state index contributed by atoms with van der Waals surface area (Å²) in [4.78, 5) is 4.62. The zero-order chi connectivity index (χ0) is 11.0. The maximum absolute atomic E-state index is 4.62. The Morgan fingerprint density at radius 3 is 3.25 bits per heavy atom. The largest absolute Gasteiger partial charge is 0.332 e. The normalized spacial score (nSPS) is 29.3. The molecule has 0 radical (unpaired) electrons. The van der Waals surface area contributed by atoms with E-state index in [0.29, 0.717) is 6.04 Å². The van der Waals surface area contributed by atoms with Gasteiger partial charge in [0.1, 0.15) is 5.82 Å². The Labute approximate surface area is 97.3 Å². The van der Waals surface area contributed by atoms with E-state index in [-0.39, 0.29) is 0 Å². The van der Waals surface area contributed by atoms with Crippen molar-refractivity contribution in [2.24, 2.45) is 5.92 Å². The fraction of sp³-hybridized carbons (Fsp3) is 0.769. The van der Waals surface area contributed by atoms with Crippen LogP contribution >= 0.6 is 0 Å². The summed E-state index contributed by atoms with van der Waals surface area (Å²) in [6, 6.07) is 0.670. The van der Waals surface area contributed by atoms with Crippen molar-refractivity contribution in [3.63, 3.8) is 0 Å². The monoisotopic (exact) mass is 219 g/mol. The van der Waals surface area contributed by atoms with Crippen LogP contribution in [0.25, 0.3) is 0 Å². The molecule has 3 nitrogen and oxygen atoms in total. The number of nitrogens with zero attached hydrogens (tertiary/aromatic N) is 2. The molecule has 88 valence electrons. The second kappa shape index (κ2) is 4.21. The smallest absolute Gasteiger partial charge is 0.110 e. The number of hydrogen-bond donors (Lipinski definition) is 1. The molecule has 3 heteroatoms. The standard InChI is InChI=1S/C13H21N3/c1-10-4-5-12-8-15-13(16(12)9-10)7-11-3-2-6-14-11/h8,10-11,14H,2-7,9H2,1H3. The molecule has 3 heterocycles. The van der Waals surface area contributed by atoms with E-state index in [0.717, 1.165) is 12.3 Å². The number of aryl methyl sites for hydroxylation is 1. The van der Waals surface area contributed by atoms with Gasteiger partial charge in [0.25, 0.3) is 0 Å². The van der Waals surface area contributed by atoms with Crippen LogP contribution in [0.1, 0.15) is 37.7 Å². The fourth-order valence-electron chi connectivity index (χ4n) is 2.99. The zero-order valence-electron chi connectivity index (χ0n) is 10.1. The van der Waals surface area contributed by atoms with Crippen LogP contribution in [0.4, 0.5) is 0 Å². The van der Waals surface area contributed by atoms with Crippen molar-refractivity contribution in [2.75, 3.05) is 6.54 Å². The second-order valence-electron chi connectivity index (χ2n) is 5.42. The van der Waals surface area contributed by atoms with Crippen molar-refractivity contribution in [1.82, 2.24) is 14.9 Å². The number of rotatable bonds is 2. The maximum atomic E-state index is 4.62. The Morgan fingerprint density at radius 2 is 2.44 bits per heavy atom. The van der Waals surface area contributed by atoms with Gasteiger partial charge < -0.3 is 9.88 Å². The number of hydrogen-bond acceptors (Lipinski definition) is 2. The van der Waals surface area contributed by atoms with E-state index in [9.17, 15) is 0 Å². The van der Waals surface area contributed by atoms with E-state index < -0.39 is 0 Å². The summed E-state index contributed by atoms with van der Waals surface area (Å²) >= 11 is 0. The summed E-state index contributed by atoms with van der Waals surface area (Å²) in [5.74, 6) is 2.12. The van der Waals surface area contributed by atoms with Crippen LogP contribution in [-0.4, -0.2) is 22.1 Å². The molecule has 0 amide bonds. The molecule has 0 saturated carbocycles. The van der Waals surface area contributed by atoms with Gasteiger partial charge in [0.15, 0.2) is 0 Å². The van der Waals surface area contributed by atoms with Crippen LogP contribution < -0.4 is 5.32 Å². The van der Waals surface area contributed by atoms with Gasteiger partial charge in [-0.1, -0.05) is 6.92 Å². The first-order valence-electron chi connectivity index (χ1n) is 6.59. The molecule has 1 aromatic rings. The molecule has 0 aromatic carbocycles. The minimum atomic E-state index is 0.670. The Hall–Kier alpha value is -0.830. The highest BCUT2D eigenvalue weighted by Gasteiger charge is 2.21. The number of aromatic nitrogens is 2. The molecule has 1 fully saturated rings. The van der Waals surface area contributed by atoms with Gasteiger partial charge in [-0.25, -0.2) is 4.98 Å². The molecular formula is C13H21N3.